The monoisotopic (exact) mass is 278 g/mol. The van der Waals surface area contributed by atoms with Crippen molar-refractivity contribution < 1.29 is 4.74 Å². The van der Waals surface area contributed by atoms with Crippen molar-refractivity contribution in [3.63, 3.8) is 0 Å². The van der Waals surface area contributed by atoms with Crippen molar-refractivity contribution in [1.29, 1.82) is 0 Å². The van der Waals surface area contributed by atoms with Gasteiger partial charge in [0.25, 0.3) is 0 Å². The molecule has 3 heteroatoms. The molecular formula is C18H18N2O. The van der Waals surface area contributed by atoms with E-state index in [-0.39, 0.29) is 5.41 Å². The Balaban J connectivity index is 2.02. The van der Waals surface area contributed by atoms with Gasteiger partial charge in [-0.2, -0.15) is 10.2 Å². The third-order valence-electron chi connectivity index (χ3n) is 3.84. The molecule has 21 heavy (non-hydrogen) atoms. The number of hydrogen-bond acceptors (Lipinski definition) is 3. The molecule has 0 saturated heterocycles. The molecule has 0 amide bonds. The van der Waals surface area contributed by atoms with Crippen molar-refractivity contribution in [1.82, 2.24) is 0 Å². The van der Waals surface area contributed by atoms with E-state index in [0.29, 0.717) is 0 Å². The molecule has 0 unspecified atom stereocenters. The van der Waals surface area contributed by atoms with Crippen molar-refractivity contribution in [2.24, 2.45) is 15.6 Å². The van der Waals surface area contributed by atoms with Crippen molar-refractivity contribution in [3.05, 3.63) is 65.7 Å². The Morgan fingerprint density at radius 2 is 1.43 bits per heavy atom. The van der Waals surface area contributed by atoms with E-state index >= 15 is 0 Å². The molecule has 3 nitrogen and oxygen atoms in total. The molecule has 0 spiro atoms. The lowest BCUT2D eigenvalue weighted by molar-refractivity contribution is 0.413. The fraction of sp³-hybridized carbons (Fsp3) is 0.222. The van der Waals surface area contributed by atoms with Crippen LogP contribution in [0.15, 0.2) is 64.8 Å². The molecule has 0 aromatic heterocycles. The molecule has 0 aliphatic carbocycles. The van der Waals surface area contributed by atoms with Gasteiger partial charge in [0.1, 0.15) is 5.75 Å². The highest BCUT2D eigenvalue weighted by Crippen LogP contribution is 2.35. The lowest BCUT2D eigenvalue weighted by Crippen LogP contribution is -2.31. The zero-order valence-corrected chi connectivity index (χ0v) is 12.5. The fourth-order valence-corrected chi connectivity index (χ4v) is 2.71. The summed E-state index contributed by atoms with van der Waals surface area (Å²) >= 11 is 0. The summed E-state index contributed by atoms with van der Waals surface area (Å²) in [5.74, 6) is 0.828. The lowest BCUT2D eigenvalue weighted by Gasteiger charge is -2.24. The third-order valence-corrected chi connectivity index (χ3v) is 3.84. The molecule has 0 N–H and O–H groups in total. The van der Waals surface area contributed by atoms with Crippen molar-refractivity contribution in [3.8, 4) is 5.75 Å². The summed E-state index contributed by atoms with van der Waals surface area (Å²) in [6, 6.07) is 18.1. The van der Waals surface area contributed by atoms with Gasteiger partial charge in [-0.1, -0.05) is 42.5 Å². The summed E-state index contributed by atoms with van der Waals surface area (Å²) in [7, 11) is 1.68. The van der Waals surface area contributed by atoms with E-state index in [9.17, 15) is 0 Å². The molecule has 1 aliphatic rings. The van der Waals surface area contributed by atoms with Crippen LogP contribution in [-0.4, -0.2) is 18.5 Å². The highest BCUT2D eigenvalue weighted by molar-refractivity contribution is 6.26. The van der Waals surface area contributed by atoms with Crippen LogP contribution in [0.5, 0.6) is 5.75 Å². The van der Waals surface area contributed by atoms with Gasteiger partial charge in [-0.3, -0.25) is 0 Å². The Hall–Kier alpha value is -2.42. The normalized spacial score (nSPS) is 16.3. The number of hydrogen-bond donors (Lipinski definition) is 0. The average molecular weight is 278 g/mol. The molecule has 0 bridgehead atoms. The summed E-state index contributed by atoms with van der Waals surface area (Å²) < 4.78 is 5.46. The van der Waals surface area contributed by atoms with Crippen molar-refractivity contribution >= 4 is 11.4 Å². The van der Waals surface area contributed by atoms with Crippen LogP contribution in [0.2, 0.25) is 0 Å². The van der Waals surface area contributed by atoms with Gasteiger partial charge in [0.05, 0.1) is 23.9 Å². The van der Waals surface area contributed by atoms with Crippen LogP contribution in [0.25, 0.3) is 0 Å². The SMILES string of the molecule is COc1ccccc1C1=NN=C(c2ccccc2)C1(C)C. The summed E-state index contributed by atoms with van der Waals surface area (Å²) in [4.78, 5) is 0. The molecule has 106 valence electrons. The minimum absolute atomic E-state index is 0.254. The highest BCUT2D eigenvalue weighted by Gasteiger charge is 2.38. The number of methoxy groups -OCH3 is 1. The molecule has 0 fully saturated rings. The van der Waals surface area contributed by atoms with Gasteiger partial charge in [0, 0.05) is 5.56 Å². The van der Waals surface area contributed by atoms with Crippen LogP contribution in [0.3, 0.4) is 0 Å². The van der Waals surface area contributed by atoms with Crippen LogP contribution in [0.4, 0.5) is 0 Å². The van der Waals surface area contributed by atoms with E-state index < -0.39 is 0 Å². The average Bonchev–Trinajstić information content (AvgIpc) is 2.83. The number of benzene rings is 2. The second kappa shape index (κ2) is 5.17. The first-order chi connectivity index (χ1) is 10.1. The minimum Gasteiger partial charge on any atom is -0.496 e. The van der Waals surface area contributed by atoms with E-state index in [4.69, 9.17) is 4.74 Å². The molecule has 2 aromatic rings. The maximum absolute atomic E-state index is 5.46. The number of rotatable bonds is 3. The van der Waals surface area contributed by atoms with Crippen LogP contribution in [0.1, 0.15) is 25.0 Å². The third kappa shape index (κ3) is 2.25. The van der Waals surface area contributed by atoms with Crippen molar-refractivity contribution in [2.75, 3.05) is 7.11 Å². The topological polar surface area (TPSA) is 34.0 Å². The molecule has 3 rings (SSSR count). The molecule has 0 radical (unpaired) electrons. The number of ether oxygens (including phenoxy) is 1. The van der Waals surface area contributed by atoms with Gasteiger partial charge in [-0.05, 0) is 31.5 Å². The largest absolute Gasteiger partial charge is 0.496 e. The molecule has 1 aliphatic heterocycles. The highest BCUT2D eigenvalue weighted by atomic mass is 16.5. The van der Waals surface area contributed by atoms with E-state index in [0.717, 1.165) is 28.3 Å². The summed E-state index contributed by atoms with van der Waals surface area (Å²) in [5, 5.41) is 8.89. The zero-order valence-electron chi connectivity index (χ0n) is 12.5. The van der Waals surface area contributed by atoms with Crippen LogP contribution >= 0.6 is 0 Å². The zero-order chi connectivity index (χ0) is 14.9. The van der Waals surface area contributed by atoms with E-state index in [2.05, 4.69) is 36.2 Å². The molecule has 0 saturated carbocycles. The molecule has 2 aromatic carbocycles. The maximum atomic E-state index is 5.46. The molecular weight excluding hydrogens is 260 g/mol. The summed E-state index contributed by atoms with van der Waals surface area (Å²) in [6.07, 6.45) is 0. The first kappa shape index (κ1) is 13.6. The van der Waals surface area contributed by atoms with Crippen LogP contribution < -0.4 is 4.74 Å². The minimum atomic E-state index is -0.254. The Morgan fingerprint density at radius 1 is 0.810 bits per heavy atom. The lowest BCUT2D eigenvalue weighted by atomic mass is 9.77. The van der Waals surface area contributed by atoms with E-state index in [1.54, 1.807) is 7.11 Å². The van der Waals surface area contributed by atoms with Crippen LogP contribution in [-0.2, 0) is 0 Å². The Morgan fingerprint density at radius 3 is 2.14 bits per heavy atom. The Kier molecular flexibility index (Phi) is 3.34. The van der Waals surface area contributed by atoms with Crippen LogP contribution in [0, 0.1) is 5.41 Å². The number of nitrogens with zero attached hydrogens (tertiary/aromatic N) is 2. The predicted octanol–water partition coefficient (Wildman–Crippen LogP) is 3.93. The second-order valence-corrected chi connectivity index (χ2v) is 5.59. The molecule has 1 heterocycles. The summed E-state index contributed by atoms with van der Waals surface area (Å²) in [6.45, 7) is 4.30. The maximum Gasteiger partial charge on any atom is 0.128 e. The first-order valence-corrected chi connectivity index (χ1v) is 7.00. The van der Waals surface area contributed by atoms with Gasteiger partial charge < -0.3 is 4.74 Å². The fourth-order valence-electron chi connectivity index (χ4n) is 2.71. The standard InChI is InChI=1S/C18H18N2O/c1-18(2)16(13-9-5-4-6-10-13)19-20-17(18)14-11-7-8-12-15(14)21-3/h4-12H,1-3H3. The van der Waals surface area contributed by atoms with E-state index in [1.165, 1.54) is 0 Å². The number of para-hydroxylation sites is 1. The summed E-state index contributed by atoms with van der Waals surface area (Å²) in [5.41, 5.74) is 3.79. The van der Waals surface area contributed by atoms with Gasteiger partial charge in [-0.25, -0.2) is 0 Å². The molecule has 0 atom stereocenters. The first-order valence-electron chi connectivity index (χ1n) is 7.00. The van der Waals surface area contributed by atoms with Gasteiger partial charge in [-0.15, -0.1) is 0 Å². The Bertz CT molecular complexity index is 715. The second-order valence-electron chi connectivity index (χ2n) is 5.59. The Labute approximate surface area is 125 Å². The van der Waals surface area contributed by atoms with E-state index in [1.807, 2.05) is 42.5 Å². The van der Waals surface area contributed by atoms with Gasteiger partial charge in [0.2, 0.25) is 0 Å². The predicted molar refractivity (Wildman–Crippen MR) is 86.3 cm³/mol. The quantitative estimate of drug-likeness (QED) is 0.837. The van der Waals surface area contributed by atoms with Gasteiger partial charge in [0.15, 0.2) is 0 Å². The van der Waals surface area contributed by atoms with Crippen molar-refractivity contribution in [2.45, 2.75) is 13.8 Å². The smallest absolute Gasteiger partial charge is 0.128 e. The van der Waals surface area contributed by atoms with Gasteiger partial charge >= 0.3 is 0 Å².